The second-order valence-corrected chi connectivity index (χ2v) is 8.83. The molecule has 0 aliphatic carbocycles. The molecule has 25 heavy (non-hydrogen) atoms. The lowest BCUT2D eigenvalue weighted by atomic mass is 10.0. The van der Waals surface area contributed by atoms with Crippen LogP contribution in [0.5, 0.6) is 0 Å². The maximum absolute atomic E-state index is 8.52. The Morgan fingerprint density at radius 3 is 1.12 bits per heavy atom. The van der Waals surface area contributed by atoms with Crippen molar-refractivity contribution in [3.8, 4) is 0 Å². The van der Waals surface area contributed by atoms with Gasteiger partial charge in [0.05, 0.1) is 27.7 Å². The Kier molecular flexibility index (Phi) is 18.7. The molecular formula is C19H43NO4S. The van der Waals surface area contributed by atoms with Gasteiger partial charge in [-0.05, 0) is 12.8 Å². The second kappa shape index (κ2) is 17.3. The third kappa shape index (κ3) is 40.1. The topological polar surface area (TPSA) is 80.3 Å². The van der Waals surface area contributed by atoms with Crippen molar-refractivity contribution in [2.24, 2.45) is 0 Å². The average molecular weight is 382 g/mol. The summed E-state index contributed by atoms with van der Waals surface area (Å²) in [6.45, 7) is 3.63. The largest absolute Gasteiger partial charge is 1.00 e. The van der Waals surface area contributed by atoms with E-state index in [-0.39, 0.29) is 1.43 Å². The van der Waals surface area contributed by atoms with Gasteiger partial charge < -0.3 is 13.6 Å². The first-order chi connectivity index (χ1) is 11.6. The molecule has 0 bridgehead atoms. The van der Waals surface area contributed by atoms with Gasteiger partial charge in [-0.15, -0.1) is 0 Å². The Bertz CT molecular complexity index is 362. The number of nitrogens with zero attached hydrogens (tertiary/aromatic N) is 1. The minimum atomic E-state index is -5.17. The summed E-state index contributed by atoms with van der Waals surface area (Å²) in [5, 5.41) is 0. The number of hydrogen-bond acceptors (Lipinski definition) is 4. The van der Waals surface area contributed by atoms with Gasteiger partial charge in [-0.2, -0.15) is 0 Å². The average Bonchev–Trinajstić information content (AvgIpc) is 2.45. The minimum Gasteiger partial charge on any atom is -0.759 e. The summed E-state index contributed by atoms with van der Waals surface area (Å²) in [6.07, 6.45) is 20.4. The fourth-order valence-corrected chi connectivity index (χ4v) is 2.78. The minimum absolute atomic E-state index is 0. The molecule has 0 aromatic heterocycles. The molecule has 0 aromatic carbocycles. The van der Waals surface area contributed by atoms with Gasteiger partial charge in [0.2, 0.25) is 0 Å². The molecule has 0 spiro atoms. The number of quaternary nitrogens is 1. The second-order valence-electron chi connectivity index (χ2n) is 8.02. The van der Waals surface area contributed by atoms with E-state index in [1.165, 1.54) is 96.4 Å². The summed E-state index contributed by atoms with van der Waals surface area (Å²) >= 11 is 0. The molecule has 0 aliphatic heterocycles. The van der Waals surface area contributed by atoms with E-state index < -0.39 is 10.4 Å². The monoisotopic (exact) mass is 381 g/mol. The highest BCUT2D eigenvalue weighted by atomic mass is 32.3. The van der Waals surface area contributed by atoms with Crippen molar-refractivity contribution in [1.29, 1.82) is 0 Å². The van der Waals surface area contributed by atoms with Gasteiger partial charge in [-0.3, -0.25) is 8.42 Å². The molecule has 0 aromatic rings. The predicted octanol–water partition coefficient (Wildman–Crippen LogP) is 4.95. The van der Waals surface area contributed by atoms with Crippen LogP contribution in [0.25, 0.3) is 0 Å². The zero-order chi connectivity index (χ0) is 19.6. The molecule has 0 N–H and O–H groups in total. The van der Waals surface area contributed by atoms with Crippen molar-refractivity contribution in [3.63, 3.8) is 0 Å². The Balaban J connectivity index is -0.000000772. The van der Waals surface area contributed by atoms with Crippen LogP contribution in [0.1, 0.15) is 98.2 Å². The zero-order valence-electron chi connectivity index (χ0n) is 18.1. The summed E-state index contributed by atoms with van der Waals surface area (Å²) in [5.74, 6) is 0. The molecule has 0 radical (unpaired) electrons. The molecule has 6 heteroatoms. The van der Waals surface area contributed by atoms with Crippen molar-refractivity contribution in [2.45, 2.75) is 96.8 Å². The summed E-state index contributed by atoms with van der Waals surface area (Å²) in [7, 11) is 1.72. The number of hydrogen-bond donors (Lipinski definition) is 0. The van der Waals surface area contributed by atoms with Crippen LogP contribution in [0.15, 0.2) is 0 Å². The summed E-state index contributed by atoms with van der Waals surface area (Å²) < 4.78 is 35.2. The highest BCUT2D eigenvalue weighted by molar-refractivity contribution is 7.79. The van der Waals surface area contributed by atoms with E-state index in [2.05, 4.69) is 28.1 Å². The van der Waals surface area contributed by atoms with Crippen molar-refractivity contribution >= 4 is 10.4 Å². The zero-order valence-corrected chi connectivity index (χ0v) is 17.9. The van der Waals surface area contributed by atoms with Crippen molar-refractivity contribution in [2.75, 3.05) is 27.7 Å². The van der Waals surface area contributed by atoms with E-state index in [1.807, 2.05) is 0 Å². The van der Waals surface area contributed by atoms with Crippen LogP contribution >= 0.6 is 0 Å². The van der Waals surface area contributed by atoms with Gasteiger partial charge in [0.25, 0.3) is 0 Å². The highest BCUT2D eigenvalue weighted by Gasteiger charge is 2.04. The van der Waals surface area contributed by atoms with Crippen LogP contribution in [-0.4, -0.2) is 49.7 Å². The van der Waals surface area contributed by atoms with E-state index in [1.54, 1.807) is 0 Å². The normalized spacial score (nSPS) is 11.9. The quantitative estimate of drug-likeness (QED) is 0.174. The summed E-state index contributed by atoms with van der Waals surface area (Å²) in [4.78, 5) is 0. The standard InChI is InChI=1S/C19H42N.H2O4S/c1-5-6-7-8-9-10-11-12-13-14-15-16-17-18-19-20(2,3)4;1-5(2,3)4/h5-19H2,1-4H3;(H2,1,2,3,4)/q+1;/p-1. The Labute approximate surface area is 158 Å². The Hall–Kier alpha value is -0.170. The summed E-state index contributed by atoms with van der Waals surface area (Å²) in [5.41, 5.74) is 0. The van der Waals surface area contributed by atoms with Crippen LogP contribution in [0, 0.1) is 0 Å². The third-order valence-electron chi connectivity index (χ3n) is 4.18. The van der Waals surface area contributed by atoms with Crippen LogP contribution in [-0.2, 0) is 10.4 Å². The van der Waals surface area contributed by atoms with Crippen molar-refractivity contribution in [1.82, 2.24) is 0 Å². The predicted molar refractivity (Wildman–Crippen MR) is 105 cm³/mol. The fourth-order valence-electron chi connectivity index (χ4n) is 2.78. The summed E-state index contributed by atoms with van der Waals surface area (Å²) in [6, 6.07) is 0. The molecule has 154 valence electrons. The first-order valence-electron chi connectivity index (χ1n) is 10.0. The molecule has 0 rings (SSSR count). The van der Waals surface area contributed by atoms with E-state index in [0.29, 0.717) is 0 Å². The van der Waals surface area contributed by atoms with E-state index in [4.69, 9.17) is 17.5 Å². The van der Waals surface area contributed by atoms with E-state index in [0.717, 1.165) is 4.48 Å². The molecule has 0 saturated heterocycles. The molecule has 0 amide bonds. The fraction of sp³-hybridized carbons (Fsp3) is 1.00. The maximum atomic E-state index is 8.52. The van der Waals surface area contributed by atoms with Crippen LogP contribution < -0.4 is 0 Å². The first-order valence-corrected chi connectivity index (χ1v) is 11.4. The van der Waals surface area contributed by atoms with Gasteiger partial charge in [0.1, 0.15) is 0 Å². The molecule has 0 heterocycles. The van der Waals surface area contributed by atoms with Crippen molar-refractivity contribution in [3.05, 3.63) is 0 Å². The molecular weight excluding hydrogens is 338 g/mol. The van der Waals surface area contributed by atoms with Crippen LogP contribution in [0.3, 0.4) is 0 Å². The van der Waals surface area contributed by atoms with Crippen LogP contribution in [0.4, 0.5) is 0 Å². The molecule has 0 saturated carbocycles. The number of rotatable bonds is 15. The lowest BCUT2D eigenvalue weighted by Gasteiger charge is -2.23. The first kappa shape index (κ1) is 27.1. The molecule has 0 aliphatic rings. The maximum Gasteiger partial charge on any atom is 1.00 e. The molecule has 0 atom stereocenters. The molecule has 0 fully saturated rings. The van der Waals surface area contributed by atoms with Gasteiger partial charge in [0.15, 0.2) is 0 Å². The molecule has 5 nitrogen and oxygen atoms in total. The lowest BCUT2D eigenvalue weighted by Crippen LogP contribution is -2.35. The SMILES string of the molecule is CCCCCCCCCCCCCCCC[N+](C)(C)C.O=S(=O)([O-])[O-].[H+]. The van der Waals surface area contributed by atoms with Gasteiger partial charge >= 0.3 is 1.43 Å². The Morgan fingerprint density at radius 2 is 0.880 bits per heavy atom. The van der Waals surface area contributed by atoms with E-state index in [9.17, 15) is 0 Å². The highest BCUT2D eigenvalue weighted by Crippen LogP contribution is 2.13. The van der Waals surface area contributed by atoms with Gasteiger partial charge in [-0.1, -0.05) is 84.0 Å². The third-order valence-corrected chi connectivity index (χ3v) is 4.18. The smallest absolute Gasteiger partial charge is 0.759 e. The van der Waals surface area contributed by atoms with Gasteiger partial charge in [0, 0.05) is 10.4 Å². The van der Waals surface area contributed by atoms with E-state index >= 15 is 0 Å². The molecule has 0 unspecified atom stereocenters. The lowest BCUT2D eigenvalue weighted by molar-refractivity contribution is -0.870. The van der Waals surface area contributed by atoms with Crippen LogP contribution in [0.2, 0.25) is 0 Å². The van der Waals surface area contributed by atoms with Crippen molar-refractivity contribution < 1.29 is 23.4 Å². The van der Waals surface area contributed by atoms with Gasteiger partial charge in [-0.25, -0.2) is 0 Å². The Morgan fingerprint density at radius 1 is 0.640 bits per heavy atom. The number of unbranched alkanes of at least 4 members (excludes halogenated alkanes) is 13.